The zero-order valence-corrected chi connectivity index (χ0v) is 17.9. The molecule has 1 amide bonds. The Balaban J connectivity index is 2.33. The molecule has 0 spiro atoms. The number of alkyl carbamates (subject to hydrolysis) is 1. The number of esters is 1. The third-order valence-electron chi connectivity index (χ3n) is 4.12. The van der Waals surface area contributed by atoms with Crippen LogP contribution in [0, 0.1) is 0 Å². The van der Waals surface area contributed by atoms with Crippen molar-refractivity contribution in [3.63, 3.8) is 0 Å². The number of ether oxygens (including phenoxy) is 2. The molecule has 1 saturated heterocycles. The average Bonchev–Trinajstić information content (AvgIpc) is 2.96. The predicted molar refractivity (Wildman–Crippen MR) is 105 cm³/mol. The molecule has 2 rings (SSSR count). The summed E-state index contributed by atoms with van der Waals surface area (Å²) in [7, 11) is 1.26. The normalized spacial score (nSPS) is 19.6. The molecule has 148 valence electrons. The fourth-order valence-corrected chi connectivity index (χ4v) is 3.87. The fourth-order valence-electron chi connectivity index (χ4n) is 2.98. The molecule has 0 bridgehead atoms. The van der Waals surface area contributed by atoms with Crippen molar-refractivity contribution in [1.82, 2.24) is 5.32 Å². The van der Waals surface area contributed by atoms with E-state index < -0.39 is 23.2 Å². The molecule has 1 aliphatic rings. The smallest absolute Gasteiger partial charge is 0.408 e. The fraction of sp³-hybridized carbons (Fsp3) is 0.500. The minimum atomic E-state index is -1.29. The number of amides is 1. The first kappa shape index (κ1) is 21.5. The van der Waals surface area contributed by atoms with Crippen LogP contribution in [0.25, 0.3) is 0 Å². The van der Waals surface area contributed by atoms with E-state index in [0.717, 1.165) is 6.29 Å². The summed E-state index contributed by atoms with van der Waals surface area (Å²) in [5, 5.41) is 3.10. The Morgan fingerprint density at radius 2 is 2.04 bits per heavy atom. The molecule has 9 heteroatoms. The molecule has 27 heavy (non-hydrogen) atoms. The first-order chi connectivity index (χ1) is 12.5. The molecule has 1 fully saturated rings. The highest BCUT2D eigenvalue weighted by Crippen LogP contribution is 2.35. The topological polar surface area (TPSA) is 84.9 Å². The van der Waals surface area contributed by atoms with Crippen molar-refractivity contribution < 1.29 is 23.9 Å². The van der Waals surface area contributed by atoms with Crippen molar-refractivity contribution in [3.8, 4) is 0 Å². The van der Waals surface area contributed by atoms with E-state index in [1.807, 2.05) is 4.90 Å². The number of methoxy groups -OCH3 is 1. The molecule has 1 atom stereocenters. The lowest BCUT2D eigenvalue weighted by atomic mass is 9.99. The van der Waals surface area contributed by atoms with Crippen LogP contribution in [-0.4, -0.2) is 49.7 Å². The van der Waals surface area contributed by atoms with Crippen LogP contribution in [0.4, 0.5) is 10.5 Å². The van der Waals surface area contributed by atoms with Crippen LogP contribution in [0.15, 0.2) is 16.6 Å². The largest absolute Gasteiger partial charge is 0.467 e. The van der Waals surface area contributed by atoms with Gasteiger partial charge in [-0.25, -0.2) is 9.59 Å². The van der Waals surface area contributed by atoms with Gasteiger partial charge in [0.2, 0.25) is 0 Å². The summed E-state index contributed by atoms with van der Waals surface area (Å²) in [5.41, 5.74) is -1.01. The number of nitrogens with zero attached hydrogens (tertiary/aromatic N) is 1. The van der Waals surface area contributed by atoms with E-state index in [2.05, 4.69) is 21.2 Å². The lowest BCUT2D eigenvalue weighted by Gasteiger charge is -2.30. The van der Waals surface area contributed by atoms with Gasteiger partial charge < -0.3 is 19.7 Å². The van der Waals surface area contributed by atoms with Crippen LogP contribution in [0.5, 0.6) is 0 Å². The van der Waals surface area contributed by atoms with Gasteiger partial charge >= 0.3 is 12.1 Å². The SMILES string of the molecule is COC(=O)C1(NC(=O)OC(C)(C)C)CCN(c2cc(Cl)cc(Br)c2C=O)C1. The molecule has 7 nitrogen and oxygen atoms in total. The maximum atomic E-state index is 12.5. The maximum Gasteiger partial charge on any atom is 0.408 e. The van der Waals surface area contributed by atoms with Gasteiger partial charge in [-0.3, -0.25) is 4.79 Å². The quantitative estimate of drug-likeness (QED) is 0.545. The van der Waals surface area contributed by atoms with Crippen molar-refractivity contribution in [2.24, 2.45) is 0 Å². The van der Waals surface area contributed by atoms with Crippen molar-refractivity contribution in [2.45, 2.75) is 38.3 Å². The number of rotatable bonds is 4. The van der Waals surface area contributed by atoms with Gasteiger partial charge in [0, 0.05) is 28.1 Å². The molecule has 1 aromatic carbocycles. The summed E-state index contributed by atoms with van der Waals surface area (Å²) < 4.78 is 10.7. The van der Waals surface area contributed by atoms with Gasteiger partial charge in [0.1, 0.15) is 5.60 Å². The van der Waals surface area contributed by atoms with Crippen LogP contribution >= 0.6 is 27.5 Å². The van der Waals surface area contributed by atoms with Gasteiger partial charge in [0.25, 0.3) is 0 Å². The molecular formula is C18H22BrClN2O5. The molecule has 0 aliphatic carbocycles. The van der Waals surface area contributed by atoms with Crippen molar-refractivity contribution in [3.05, 3.63) is 27.2 Å². The third-order valence-corrected chi connectivity index (χ3v) is 4.99. The second kappa shape index (κ2) is 8.06. The van der Waals surface area contributed by atoms with E-state index in [1.54, 1.807) is 32.9 Å². The van der Waals surface area contributed by atoms with Crippen LogP contribution in [0.1, 0.15) is 37.6 Å². The zero-order chi connectivity index (χ0) is 20.4. The van der Waals surface area contributed by atoms with E-state index >= 15 is 0 Å². The van der Waals surface area contributed by atoms with Gasteiger partial charge in [-0.1, -0.05) is 11.6 Å². The molecule has 0 radical (unpaired) electrons. The molecule has 0 aromatic heterocycles. The minimum Gasteiger partial charge on any atom is -0.467 e. The second-order valence-electron chi connectivity index (χ2n) is 7.31. The summed E-state index contributed by atoms with van der Waals surface area (Å²) >= 11 is 9.45. The van der Waals surface area contributed by atoms with Gasteiger partial charge in [0.15, 0.2) is 11.8 Å². The molecule has 1 aliphatic heterocycles. The maximum absolute atomic E-state index is 12.5. The molecule has 0 saturated carbocycles. The minimum absolute atomic E-state index is 0.118. The molecular weight excluding hydrogens is 440 g/mol. The number of hydrogen-bond donors (Lipinski definition) is 1. The van der Waals surface area contributed by atoms with Gasteiger partial charge in [-0.15, -0.1) is 0 Å². The summed E-state index contributed by atoms with van der Waals surface area (Å²) in [6.07, 6.45) is 0.300. The molecule has 1 N–H and O–H groups in total. The standard InChI is InChI=1S/C18H22BrClN2O5/c1-17(2,3)27-16(25)21-18(15(24)26-4)5-6-22(10-18)14-8-11(20)7-13(19)12(14)9-23/h7-9H,5-6,10H2,1-4H3,(H,21,25). The van der Waals surface area contributed by atoms with E-state index in [9.17, 15) is 14.4 Å². The van der Waals surface area contributed by atoms with E-state index in [1.165, 1.54) is 7.11 Å². The number of benzene rings is 1. The first-order valence-corrected chi connectivity index (χ1v) is 9.47. The van der Waals surface area contributed by atoms with Crippen LogP contribution < -0.4 is 10.2 Å². The van der Waals surface area contributed by atoms with E-state index in [0.29, 0.717) is 33.7 Å². The summed E-state index contributed by atoms with van der Waals surface area (Å²) in [6, 6.07) is 3.27. The summed E-state index contributed by atoms with van der Waals surface area (Å²) in [5.74, 6) is -0.579. The molecule has 1 unspecified atom stereocenters. The zero-order valence-electron chi connectivity index (χ0n) is 15.6. The molecule has 1 heterocycles. The number of aldehydes is 1. The van der Waals surface area contributed by atoms with Crippen molar-refractivity contribution in [2.75, 3.05) is 25.1 Å². The van der Waals surface area contributed by atoms with E-state index in [4.69, 9.17) is 21.1 Å². The highest BCUT2D eigenvalue weighted by molar-refractivity contribution is 9.10. The monoisotopic (exact) mass is 460 g/mol. The Morgan fingerprint density at radius 3 is 2.59 bits per heavy atom. The van der Waals surface area contributed by atoms with Crippen molar-refractivity contribution >= 4 is 51.6 Å². The van der Waals surface area contributed by atoms with Gasteiger partial charge in [0.05, 0.1) is 19.2 Å². The number of halogens is 2. The van der Waals surface area contributed by atoms with Crippen LogP contribution in [0.2, 0.25) is 5.02 Å². The lowest BCUT2D eigenvalue weighted by Crippen LogP contribution is -2.57. The number of carbonyl (C=O) groups is 3. The second-order valence-corrected chi connectivity index (χ2v) is 8.60. The number of carbonyl (C=O) groups excluding carboxylic acids is 3. The Morgan fingerprint density at radius 1 is 1.37 bits per heavy atom. The van der Waals surface area contributed by atoms with Gasteiger partial charge in [-0.2, -0.15) is 0 Å². The Bertz CT molecular complexity index is 765. The summed E-state index contributed by atoms with van der Waals surface area (Å²) in [6.45, 7) is 5.74. The first-order valence-electron chi connectivity index (χ1n) is 8.30. The van der Waals surface area contributed by atoms with Crippen molar-refractivity contribution in [1.29, 1.82) is 0 Å². The highest BCUT2D eigenvalue weighted by atomic mass is 79.9. The third kappa shape index (κ3) is 4.93. The summed E-state index contributed by atoms with van der Waals surface area (Å²) in [4.78, 5) is 38.1. The van der Waals surface area contributed by atoms with Crippen LogP contribution in [0.3, 0.4) is 0 Å². The highest BCUT2D eigenvalue weighted by Gasteiger charge is 2.48. The Labute approximate surface area is 171 Å². The Kier molecular flexibility index (Phi) is 6.42. The number of hydrogen-bond acceptors (Lipinski definition) is 6. The lowest BCUT2D eigenvalue weighted by molar-refractivity contribution is -0.147. The predicted octanol–water partition coefficient (Wildman–Crippen LogP) is 3.56. The average molecular weight is 462 g/mol. The van der Waals surface area contributed by atoms with Crippen LogP contribution in [-0.2, 0) is 14.3 Å². The Hall–Kier alpha value is -1.80. The van der Waals surface area contributed by atoms with Gasteiger partial charge in [-0.05, 0) is 48.8 Å². The van der Waals surface area contributed by atoms with E-state index in [-0.39, 0.29) is 6.54 Å². The number of nitrogens with one attached hydrogen (secondary N) is 1. The molecule has 1 aromatic rings. The number of anilines is 1.